The number of ketones is 1. The summed E-state index contributed by atoms with van der Waals surface area (Å²) >= 11 is 1.66. The Bertz CT molecular complexity index is 1060. The molecule has 0 aliphatic carbocycles. The number of carboxylic acid groups (broad SMARTS) is 2. The van der Waals surface area contributed by atoms with Crippen LogP contribution in [-0.2, 0) is 30.4 Å². The molecular formula is C25H30N2O7S. The zero-order valence-electron chi connectivity index (χ0n) is 19.5. The van der Waals surface area contributed by atoms with Gasteiger partial charge in [-0.25, -0.2) is 0 Å². The van der Waals surface area contributed by atoms with Crippen LogP contribution in [0, 0.1) is 12.8 Å². The number of Topliss-reactive ketones (excluding diaryl/α,β-unsaturated/α-hetero) is 1. The highest BCUT2D eigenvalue weighted by Gasteiger charge is 2.27. The molecule has 2 atom stereocenters. The predicted molar refractivity (Wildman–Crippen MR) is 131 cm³/mol. The Balaban J connectivity index is 1.96. The average molecular weight is 503 g/mol. The molecule has 1 heterocycles. The summed E-state index contributed by atoms with van der Waals surface area (Å²) in [5.74, 6) is -5.05. The van der Waals surface area contributed by atoms with Crippen molar-refractivity contribution in [3.05, 3.63) is 46.8 Å². The first-order valence-corrected chi connectivity index (χ1v) is 12.1. The number of nitrogens with one attached hydrogen (secondary N) is 1. The van der Waals surface area contributed by atoms with Gasteiger partial charge in [0, 0.05) is 36.5 Å². The van der Waals surface area contributed by atoms with Gasteiger partial charge in [0.05, 0.1) is 6.04 Å². The van der Waals surface area contributed by atoms with Crippen molar-refractivity contribution < 1.29 is 34.2 Å². The number of thiophene rings is 1. The number of carbonyl (C=O) groups excluding carboxylic acids is 3. The highest BCUT2D eigenvalue weighted by atomic mass is 32.1. The van der Waals surface area contributed by atoms with Crippen LogP contribution < -0.4 is 11.1 Å². The lowest BCUT2D eigenvalue weighted by Crippen LogP contribution is -2.43. The largest absolute Gasteiger partial charge is 0.481 e. The van der Waals surface area contributed by atoms with Crippen LogP contribution in [0.1, 0.15) is 49.7 Å². The van der Waals surface area contributed by atoms with E-state index in [4.69, 9.17) is 15.9 Å². The molecular weight excluding hydrogens is 472 g/mol. The minimum atomic E-state index is -1.13. The SMILES string of the molecule is Cc1csc(-c2ccc(CCC(=O)N[C@@H](CCC(=O)O)C(=O)C[C@@H](CCC(=O)O)C(N)=O)cc2)c1. The van der Waals surface area contributed by atoms with Crippen molar-refractivity contribution >= 4 is 40.9 Å². The minimum Gasteiger partial charge on any atom is -0.481 e. The first-order chi connectivity index (χ1) is 16.5. The molecule has 0 radical (unpaired) electrons. The van der Waals surface area contributed by atoms with Crippen molar-refractivity contribution in [2.24, 2.45) is 11.7 Å². The van der Waals surface area contributed by atoms with Gasteiger partial charge in [0.25, 0.3) is 0 Å². The second-order valence-electron chi connectivity index (χ2n) is 8.44. The summed E-state index contributed by atoms with van der Waals surface area (Å²) in [5, 5.41) is 22.5. The maximum atomic E-state index is 12.7. The van der Waals surface area contributed by atoms with Crippen LogP contribution in [-0.4, -0.2) is 45.8 Å². The molecule has 0 bridgehead atoms. The summed E-state index contributed by atoms with van der Waals surface area (Å²) in [6.45, 7) is 2.03. The third kappa shape index (κ3) is 9.70. The second kappa shape index (κ2) is 13.4. The fourth-order valence-corrected chi connectivity index (χ4v) is 4.46. The maximum absolute atomic E-state index is 12.7. The number of rotatable bonds is 15. The summed E-state index contributed by atoms with van der Waals surface area (Å²) in [6.07, 6.45) is -0.785. The lowest BCUT2D eigenvalue weighted by atomic mass is 9.92. The molecule has 2 amide bonds. The highest BCUT2D eigenvalue weighted by Crippen LogP contribution is 2.27. The summed E-state index contributed by atoms with van der Waals surface area (Å²) in [6, 6.07) is 8.84. The van der Waals surface area contributed by atoms with Crippen LogP contribution in [0.25, 0.3) is 10.4 Å². The Kier molecular flexibility index (Phi) is 10.6. The zero-order valence-corrected chi connectivity index (χ0v) is 20.3. The third-order valence-electron chi connectivity index (χ3n) is 5.54. The van der Waals surface area contributed by atoms with Gasteiger partial charge in [-0.05, 0) is 54.3 Å². The molecule has 2 aromatic rings. The maximum Gasteiger partial charge on any atom is 0.303 e. The van der Waals surface area contributed by atoms with Crippen LogP contribution in [0.15, 0.2) is 35.7 Å². The molecule has 9 nitrogen and oxygen atoms in total. The molecule has 2 rings (SSSR count). The van der Waals surface area contributed by atoms with Crippen LogP contribution in [0.5, 0.6) is 0 Å². The fraction of sp³-hybridized carbons (Fsp3) is 0.400. The van der Waals surface area contributed by atoms with E-state index < -0.39 is 41.5 Å². The molecule has 0 aliphatic heterocycles. The topological polar surface area (TPSA) is 164 Å². The number of benzene rings is 1. The van der Waals surface area contributed by atoms with E-state index in [2.05, 4.69) is 16.8 Å². The molecule has 1 aromatic carbocycles. The smallest absolute Gasteiger partial charge is 0.303 e. The molecule has 1 aromatic heterocycles. The van der Waals surface area contributed by atoms with E-state index in [1.165, 1.54) is 5.56 Å². The van der Waals surface area contributed by atoms with Gasteiger partial charge in [0.1, 0.15) is 0 Å². The number of hydrogen-bond donors (Lipinski definition) is 4. The standard InChI is InChI=1S/C25H30N2O7S/c1-15-12-21(35-14-15)17-5-2-16(3-6-17)4-9-22(29)27-19(8-11-24(32)33)20(28)13-18(25(26)34)7-10-23(30)31/h2-3,5-6,12,14,18-19H,4,7-11,13H2,1H3,(H2,26,34)(H,27,29)(H,30,31)(H,32,33)/t18-,19+/m1/s1. The number of hydrogen-bond acceptors (Lipinski definition) is 6. The van der Waals surface area contributed by atoms with E-state index in [0.717, 1.165) is 16.0 Å². The Morgan fingerprint density at radius 1 is 0.971 bits per heavy atom. The molecule has 5 N–H and O–H groups in total. The number of amides is 2. The van der Waals surface area contributed by atoms with Gasteiger partial charge in [0.15, 0.2) is 5.78 Å². The van der Waals surface area contributed by atoms with E-state index in [0.29, 0.717) is 6.42 Å². The Labute approximate surface area is 207 Å². The molecule has 0 fully saturated rings. The highest BCUT2D eigenvalue weighted by molar-refractivity contribution is 7.13. The van der Waals surface area contributed by atoms with Gasteiger partial charge >= 0.3 is 11.9 Å². The van der Waals surface area contributed by atoms with Gasteiger partial charge < -0.3 is 21.3 Å². The van der Waals surface area contributed by atoms with Gasteiger partial charge in [0.2, 0.25) is 11.8 Å². The first-order valence-electron chi connectivity index (χ1n) is 11.2. The quantitative estimate of drug-likeness (QED) is 0.291. The summed E-state index contributed by atoms with van der Waals surface area (Å²) in [4.78, 5) is 59.8. The monoisotopic (exact) mass is 502 g/mol. The Hall–Kier alpha value is -3.53. The molecule has 0 aliphatic rings. The number of carbonyl (C=O) groups is 5. The summed E-state index contributed by atoms with van der Waals surface area (Å²) in [7, 11) is 0. The van der Waals surface area contributed by atoms with Crippen LogP contribution >= 0.6 is 11.3 Å². The average Bonchev–Trinajstić information content (AvgIpc) is 3.23. The fourth-order valence-electron chi connectivity index (χ4n) is 3.55. The Morgan fingerprint density at radius 3 is 2.14 bits per heavy atom. The number of aryl methyl sites for hydroxylation is 2. The van der Waals surface area contributed by atoms with E-state index in [-0.39, 0.29) is 38.5 Å². The van der Waals surface area contributed by atoms with Crippen molar-refractivity contribution in [3.8, 4) is 10.4 Å². The van der Waals surface area contributed by atoms with Crippen LogP contribution in [0.2, 0.25) is 0 Å². The van der Waals surface area contributed by atoms with Crippen molar-refractivity contribution in [2.75, 3.05) is 0 Å². The van der Waals surface area contributed by atoms with Gasteiger partial charge in [-0.15, -0.1) is 11.3 Å². The molecule has 0 spiro atoms. The normalized spacial score (nSPS) is 12.5. The van der Waals surface area contributed by atoms with Crippen molar-refractivity contribution in [1.82, 2.24) is 5.32 Å². The van der Waals surface area contributed by atoms with Gasteiger partial charge in [-0.1, -0.05) is 24.3 Å². The summed E-state index contributed by atoms with van der Waals surface area (Å²) < 4.78 is 0. The predicted octanol–water partition coefficient (Wildman–Crippen LogP) is 2.93. The lowest BCUT2D eigenvalue weighted by molar-refractivity contribution is -0.139. The molecule has 35 heavy (non-hydrogen) atoms. The first kappa shape index (κ1) is 27.7. The number of carboxylic acids is 2. The van der Waals surface area contributed by atoms with Crippen molar-refractivity contribution in [2.45, 2.75) is 57.9 Å². The lowest BCUT2D eigenvalue weighted by Gasteiger charge is -2.19. The van der Waals surface area contributed by atoms with Crippen LogP contribution in [0.3, 0.4) is 0 Å². The molecule has 0 saturated carbocycles. The number of primary amides is 1. The molecule has 0 unspecified atom stereocenters. The van der Waals surface area contributed by atoms with E-state index in [9.17, 15) is 24.0 Å². The number of aliphatic carboxylic acids is 2. The minimum absolute atomic E-state index is 0.0899. The van der Waals surface area contributed by atoms with E-state index in [1.807, 2.05) is 31.2 Å². The van der Waals surface area contributed by atoms with Gasteiger partial charge in [-0.2, -0.15) is 0 Å². The Morgan fingerprint density at radius 2 is 1.60 bits per heavy atom. The van der Waals surface area contributed by atoms with Crippen molar-refractivity contribution in [3.63, 3.8) is 0 Å². The van der Waals surface area contributed by atoms with Crippen molar-refractivity contribution in [1.29, 1.82) is 0 Å². The van der Waals surface area contributed by atoms with Gasteiger partial charge in [-0.3, -0.25) is 24.0 Å². The second-order valence-corrected chi connectivity index (χ2v) is 9.35. The summed E-state index contributed by atoms with van der Waals surface area (Å²) in [5.41, 5.74) is 8.51. The molecule has 0 saturated heterocycles. The molecule has 188 valence electrons. The third-order valence-corrected chi connectivity index (χ3v) is 6.63. The zero-order chi connectivity index (χ0) is 26.0. The van der Waals surface area contributed by atoms with Crippen LogP contribution in [0.4, 0.5) is 0 Å². The van der Waals surface area contributed by atoms with E-state index in [1.54, 1.807) is 11.3 Å². The molecule has 10 heteroatoms. The number of nitrogens with two attached hydrogens (primary N) is 1. The van der Waals surface area contributed by atoms with E-state index >= 15 is 0 Å².